The van der Waals surface area contributed by atoms with Crippen molar-refractivity contribution in [1.82, 2.24) is 4.98 Å². The molecule has 3 aromatic heterocycles. The maximum atomic E-state index is 10.5. The van der Waals surface area contributed by atoms with E-state index in [9.17, 15) is 5.11 Å². The van der Waals surface area contributed by atoms with Crippen LogP contribution in [0.15, 0.2) is 81.6 Å². The molecule has 0 amide bonds. The van der Waals surface area contributed by atoms with Gasteiger partial charge >= 0.3 is 7.48 Å². The molecule has 0 spiro atoms. The second-order valence-corrected chi connectivity index (χ2v) is 11.8. The lowest BCUT2D eigenvalue weighted by molar-refractivity contribution is -0.0893. The first-order valence-electron chi connectivity index (χ1n) is 12.6. The van der Waals surface area contributed by atoms with Crippen LogP contribution in [0.25, 0.3) is 64.7 Å². The molecule has 0 aliphatic heterocycles. The van der Waals surface area contributed by atoms with Crippen molar-refractivity contribution in [2.75, 3.05) is 0 Å². The first kappa shape index (κ1) is 23.5. The number of aromatic nitrogens is 1. The van der Waals surface area contributed by atoms with Gasteiger partial charge in [0.25, 0.3) is 0 Å². The van der Waals surface area contributed by atoms with Crippen molar-refractivity contribution < 1.29 is 18.6 Å². The molecule has 0 fully saturated rings. The lowest BCUT2D eigenvalue weighted by atomic mass is 9.80. The van der Waals surface area contributed by atoms with Gasteiger partial charge in [-0.25, -0.2) is 4.98 Å². The Morgan fingerprint density at radius 3 is 2.39 bits per heavy atom. The van der Waals surface area contributed by atoms with E-state index in [0.717, 1.165) is 70.1 Å². The molecule has 7 aromatic rings. The molecule has 4 aromatic carbocycles. The Kier molecular flexibility index (Phi) is 5.05. The zero-order chi connectivity index (χ0) is 26.2. The third-order valence-corrected chi connectivity index (χ3v) is 8.68. The smallest absolute Gasteiger partial charge is 0.331 e. The van der Waals surface area contributed by atoms with Crippen LogP contribution in [0, 0.1) is 0 Å². The van der Waals surface area contributed by atoms with Crippen LogP contribution in [0.3, 0.4) is 0 Å². The van der Waals surface area contributed by atoms with Crippen molar-refractivity contribution in [2.45, 2.75) is 38.9 Å². The Balaban J connectivity index is 1.32. The fourth-order valence-corrected chi connectivity index (χ4v) is 5.68. The molecule has 5 nitrogen and oxygen atoms in total. The summed E-state index contributed by atoms with van der Waals surface area (Å²) < 4.78 is 19.4. The van der Waals surface area contributed by atoms with Crippen LogP contribution < -0.4 is 5.46 Å². The summed E-state index contributed by atoms with van der Waals surface area (Å²) >= 11 is 1.65. The average molecular weight is 518 g/mol. The highest BCUT2D eigenvalue weighted by Crippen LogP contribution is 2.38. The van der Waals surface area contributed by atoms with Gasteiger partial charge in [-0.05, 0) is 69.6 Å². The Hall–Kier alpha value is -3.65. The highest BCUT2D eigenvalue weighted by molar-refractivity contribution is 7.21. The molecule has 0 aliphatic rings. The van der Waals surface area contributed by atoms with E-state index >= 15 is 0 Å². The van der Waals surface area contributed by atoms with Crippen LogP contribution in [0.2, 0.25) is 0 Å². The van der Waals surface area contributed by atoms with Gasteiger partial charge in [0.1, 0.15) is 27.3 Å². The molecular weight excluding hydrogens is 493 g/mol. The number of fused-ring (bicyclic) bond motifs is 7. The molecule has 0 unspecified atom stereocenters. The molecule has 0 aliphatic carbocycles. The molecule has 0 saturated carbocycles. The van der Waals surface area contributed by atoms with E-state index < -0.39 is 11.2 Å². The van der Waals surface area contributed by atoms with E-state index in [1.54, 1.807) is 32.7 Å². The summed E-state index contributed by atoms with van der Waals surface area (Å²) in [5.74, 6) is 0. The van der Waals surface area contributed by atoms with Gasteiger partial charge in [-0.3, -0.25) is 0 Å². The Morgan fingerprint density at radius 2 is 1.55 bits per heavy atom. The molecule has 38 heavy (non-hydrogen) atoms. The third-order valence-electron chi connectivity index (χ3n) is 7.62. The van der Waals surface area contributed by atoms with Gasteiger partial charge in [-0.15, -0.1) is 11.3 Å². The van der Waals surface area contributed by atoms with E-state index in [4.69, 9.17) is 18.5 Å². The number of aliphatic hydroxyl groups is 1. The van der Waals surface area contributed by atoms with Crippen LogP contribution in [-0.2, 0) is 4.65 Å². The minimum atomic E-state index is -1.01. The number of hydrogen-bond donors (Lipinski definition) is 1. The minimum Gasteiger partial charge on any atom is -0.456 e. The van der Waals surface area contributed by atoms with Gasteiger partial charge in [0, 0.05) is 33.2 Å². The van der Waals surface area contributed by atoms with E-state index in [-0.39, 0.29) is 0 Å². The summed E-state index contributed by atoms with van der Waals surface area (Å²) in [6, 6.07) is 24.4. The van der Waals surface area contributed by atoms with Crippen molar-refractivity contribution in [3.05, 3.63) is 72.8 Å². The van der Waals surface area contributed by atoms with Gasteiger partial charge in [0.15, 0.2) is 0 Å². The van der Waals surface area contributed by atoms with Crippen LogP contribution in [-0.4, -0.2) is 28.8 Å². The maximum Gasteiger partial charge on any atom is 0.331 e. The van der Waals surface area contributed by atoms with E-state index in [0.29, 0.717) is 0 Å². The topological polar surface area (TPSA) is 68.6 Å². The third kappa shape index (κ3) is 3.65. The fraction of sp³-hybridized carbons (Fsp3) is 0.194. The molecule has 7 rings (SSSR count). The van der Waals surface area contributed by atoms with E-state index in [2.05, 4.69) is 30.3 Å². The van der Waals surface area contributed by atoms with Crippen molar-refractivity contribution in [1.29, 1.82) is 0 Å². The number of thiazole rings is 1. The monoisotopic (exact) mass is 518 g/mol. The highest BCUT2D eigenvalue weighted by Gasteiger charge is 2.36. The molecular formula is C31H25BNO4S. The lowest BCUT2D eigenvalue weighted by Crippen LogP contribution is -2.49. The summed E-state index contributed by atoms with van der Waals surface area (Å²) in [5.41, 5.74) is 4.45. The van der Waals surface area contributed by atoms with Gasteiger partial charge in [0.05, 0.1) is 21.4 Å². The summed E-state index contributed by atoms with van der Waals surface area (Å²) in [4.78, 5) is 5.01. The first-order chi connectivity index (χ1) is 18.2. The summed E-state index contributed by atoms with van der Waals surface area (Å²) in [7, 11) is 1.72. The quantitative estimate of drug-likeness (QED) is 0.238. The van der Waals surface area contributed by atoms with Gasteiger partial charge in [-0.1, -0.05) is 30.3 Å². The average Bonchev–Trinajstić information content (AvgIpc) is 3.57. The second kappa shape index (κ2) is 8.17. The van der Waals surface area contributed by atoms with Gasteiger partial charge in [0.2, 0.25) is 0 Å². The SMILES string of the molecule is CC(C)(O)C(C)(C)O[B]c1cccc2oc3cc4sc(-c5ccc6oc7ccccc7c6c5)nc4cc3c12. The van der Waals surface area contributed by atoms with Crippen LogP contribution in [0.1, 0.15) is 27.7 Å². The minimum absolute atomic E-state index is 0.771. The van der Waals surface area contributed by atoms with Crippen molar-refractivity contribution >= 4 is 78.4 Å². The number of nitrogens with zero attached hydrogens (tertiary/aromatic N) is 1. The van der Waals surface area contributed by atoms with Crippen LogP contribution in [0.4, 0.5) is 0 Å². The highest BCUT2D eigenvalue weighted by atomic mass is 32.1. The Labute approximate surface area is 223 Å². The molecule has 0 saturated heterocycles. The predicted octanol–water partition coefficient (Wildman–Crippen LogP) is 7.57. The van der Waals surface area contributed by atoms with Crippen molar-refractivity contribution in [2.24, 2.45) is 0 Å². The van der Waals surface area contributed by atoms with Crippen molar-refractivity contribution in [3.8, 4) is 10.6 Å². The molecule has 1 radical (unpaired) electrons. The fourth-order valence-electron chi connectivity index (χ4n) is 4.71. The lowest BCUT2D eigenvalue weighted by Gasteiger charge is -2.37. The Morgan fingerprint density at radius 1 is 0.789 bits per heavy atom. The number of furan rings is 2. The molecule has 7 heteroatoms. The first-order valence-corrected chi connectivity index (χ1v) is 13.4. The zero-order valence-electron chi connectivity index (χ0n) is 21.5. The summed E-state index contributed by atoms with van der Waals surface area (Å²) in [6.45, 7) is 7.25. The largest absolute Gasteiger partial charge is 0.456 e. The molecule has 3 heterocycles. The van der Waals surface area contributed by atoms with Crippen molar-refractivity contribution in [3.63, 3.8) is 0 Å². The molecule has 187 valence electrons. The molecule has 1 N–H and O–H groups in total. The number of rotatable bonds is 5. The normalized spacial score (nSPS) is 13.0. The number of para-hydroxylation sites is 1. The van der Waals surface area contributed by atoms with Crippen LogP contribution in [0.5, 0.6) is 0 Å². The standard InChI is InChI=1S/C31H25BNO4S/c1-30(2,34)31(3,4)37-32-21-9-7-11-25-28(21)20-15-22-27(16-26(20)36-25)38-29(33-22)17-12-13-24-19(14-17)18-8-5-6-10-23(18)35-24/h5-16,34H,1-4H3. The maximum absolute atomic E-state index is 10.5. The van der Waals surface area contributed by atoms with Gasteiger partial charge < -0.3 is 18.6 Å². The summed E-state index contributed by atoms with van der Waals surface area (Å²) in [5, 5.41) is 15.6. The number of hydrogen-bond acceptors (Lipinski definition) is 6. The predicted molar refractivity (Wildman–Crippen MR) is 156 cm³/mol. The van der Waals surface area contributed by atoms with Gasteiger partial charge in [-0.2, -0.15) is 0 Å². The second-order valence-electron chi connectivity index (χ2n) is 10.8. The summed E-state index contributed by atoms with van der Waals surface area (Å²) in [6.07, 6.45) is 0. The van der Waals surface area contributed by atoms with E-state index in [1.807, 2.05) is 56.3 Å². The van der Waals surface area contributed by atoms with E-state index in [1.165, 1.54) is 0 Å². The molecule has 0 atom stereocenters. The zero-order valence-corrected chi connectivity index (χ0v) is 22.3. The number of benzene rings is 4. The molecule has 0 bridgehead atoms. The van der Waals surface area contributed by atoms with Crippen LogP contribution >= 0.6 is 11.3 Å². The Bertz CT molecular complexity index is 2010.